The lowest BCUT2D eigenvalue weighted by molar-refractivity contribution is -0.134. The van der Waals surface area contributed by atoms with Crippen molar-refractivity contribution in [3.8, 4) is 6.07 Å². The van der Waals surface area contributed by atoms with Crippen LogP contribution in [0.4, 0.5) is 0 Å². The fraction of sp³-hybridized carbons (Fsp3) is 0.545. The van der Waals surface area contributed by atoms with Gasteiger partial charge in [0, 0.05) is 19.4 Å². The number of hydrogen-bond donors (Lipinski definition) is 1. The fourth-order valence-electron chi connectivity index (χ4n) is 1.41. The number of nitrogens with zero attached hydrogens (tertiary/aromatic N) is 3. The standard InChI is InChI=1S/C11H16N4O/c1-8(2)9(6-12)11(16)15(3)7-10-13-4-5-14-10/h4-5,8-9H,7H2,1-3H3,(H,13,14). The summed E-state index contributed by atoms with van der Waals surface area (Å²) >= 11 is 0. The van der Waals surface area contributed by atoms with Crippen molar-refractivity contribution in [2.45, 2.75) is 20.4 Å². The number of hydrogen-bond acceptors (Lipinski definition) is 3. The molecule has 1 aromatic heterocycles. The van der Waals surface area contributed by atoms with Crippen molar-refractivity contribution in [2.24, 2.45) is 11.8 Å². The number of H-pyrrole nitrogens is 1. The zero-order valence-electron chi connectivity index (χ0n) is 9.77. The third kappa shape index (κ3) is 2.83. The van der Waals surface area contributed by atoms with E-state index in [4.69, 9.17) is 5.26 Å². The molecule has 86 valence electrons. The lowest BCUT2D eigenvalue weighted by Gasteiger charge is -2.20. The topological polar surface area (TPSA) is 72.8 Å². The molecule has 0 bridgehead atoms. The van der Waals surface area contributed by atoms with E-state index < -0.39 is 5.92 Å². The van der Waals surface area contributed by atoms with E-state index in [-0.39, 0.29) is 11.8 Å². The zero-order chi connectivity index (χ0) is 12.1. The molecule has 1 aromatic rings. The number of aromatic amines is 1. The second-order valence-electron chi connectivity index (χ2n) is 4.08. The van der Waals surface area contributed by atoms with Crippen molar-refractivity contribution < 1.29 is 4.79 Å². The molecule has 1 unspecified atom stereocenters. The van der Waals surface area contributed by atoms with Gasteiger partial charge in [0.05, 0.1) is 12.6 Å². The number of amides is 1. The van der Waals surface area contributed by atoms with Crippen molar-refractivity contribution in [1.82, 2.24) is 14.9 Å². The fourth-order valence-corrected chi connectivity index (χ4v) is 1.41. The molecule has 0 aliphatic carbocycles. The predicted molar refractivity (Wildman–Crippen MR) is 59.0 cm³/mol. The molecule has 0 saturated heterocycles. The molecular formula is C11H16N4O. The van der Waals surface area contributed by atoms with Crippen LogP contribution in [0.1, 0.15) is 19.7 Å². The lowest BCUT2D eigenvalue weighted by Crippen LogP contribution is -2.34. The quantitative estimate of drug-likeness (QED) is 0.827. The molecule has 1 rings (SSSR count). The first-order valence-corrected chi connectivity index (χ1v) is 5.19. The normalized spacial score (nSPS) is 12.2. The van der Waals surface area contributed by atoms with Crippen LogP contribution in [0.25, 0.3) is 0 Å². The Morgan fingerprint density at radius 2 is 2.38 bits per heavy atom. The van der Waals surface area contributed by atoms with Crippen molar-refractivity contribution >= 4 is 5.91 Å². The van der Waals surface area contributed by atoms with Crippen LogP contribution in [0.2, 0.25) is 0 Å². The molecule has 5 nitrogen and oxygen atoms in total. The number of carbonyl (C=O) groups excluding carboxylic acids is 1. The van der Waals surface area contributed by atoms with E-state index in [9.17, 15) is 4.79 Å². The first-order chi connectivity index (χ1) is 7.56. The third-order valence-corrected chi connectivity index (χ3v) is 2.39. The number of rotatable bonds is 4. The summed E-state index contributed by atoms with van der Waals surface area (Å²) in [7, 11) is 1.68. The molecule has 0 aromatic carbocycles. The Morgan fingerprint density at radius 3 is 2.81 bits per heavy atom. The molecule has 1 atom stereocenters. The SMILES string of the molecule is CC(C)C(C#N)C(=O)N(C)Cc1ncc[nH]1. The van der Waals surface area contributed by atoms with Crippen LogP contribution in [-0.4, -0.2) is 27.8 Å². The minimum atomic E-state index is -0.583. The Bertz CT molecular complexity index is 377. The molecule has 1 N–H and O–H groups in total. The number of nitrogens with one attached hydrogen (secondary N) is 1. The average molecular weight is 220 g/mol. The molecule has 1 amide bonds. The van der Waals surface area contributed by atoms with Gasteiger partial charge in [0.2, 0.25) is 5.91 Å². The van der Waals surface area contributed by atoms with Crippen molar-refractivity contribution in [2.75, 3.05) is 7.05 Å². The predicted octanol–water partition coefficient (Wildman–Crippen LogP) is 1.16. The maximum Gasteiger partial charge on any atom is 0.240 e. The Morgan fingerprint density at radius 1 is 1.69 bits per heavy atom. The van der Waals surface area contributed by atoms with Crippen LogP contribution in [0.3, 0.4) is 0 Å². The van der Waals surface area contributed by atoms with E-state index >= 15 is 0 Å². The van der Waals surface area contributed by atoms with Crippen LogP contribution in [0, 0.1) is 23.2 Å². The van der Waals surface area contributed by atoms with Gasteiger partial charge in [0.25, 0.3) is 0 Å². The van der Waals surface area contributed by atoms with Gasteiger partial charge < -0.3 is 9.88 Å². The van der Waals surface area contributed by atoms with Crippen LogP contribution in [-0.2, 0) is 11.3 Å². The van der Waals surface area contributed by atoms with Crippen LogP contribution in [0.15, 0.2) is 12.4 Å². The molecule has 0 fully saturated rings. The lowest BCUT2D eigenvalue weighted by atomic mass is 9.96. The summed E-state index contributed by atoms with van der Waals surface area (Å²) in [5, 5.41) is 8.92. The summed E-state index contributed by atoms with van der Waals surface area (Å²) in [5.74, 6) is 0.00158. The van der Waals surface area contributed by atoms with Gasteiger partial charge in [-0.2, -0.15) is 5.26 Å². The number of nitriles is 1. The molecule has 0 spiro atoms. The van der Waals surface area contributed by atoms with Crippen LogP contribution < -0.4 is 0 Å². The molecule has 1 heterocycles. The maximum atomic E-state index is 11.9. The van der Waals surface area contributed by atoms with Gasteiger partial charge in [0.15, 0.2) is 0 Å². The van der Waals surface area contributed by atoms with Gasteiger partial charge in [-0.15, -0.1) is 0 Å². The summed E-state index contributed by atoms with van der Waals surface area (Å²) < 4.78 is 0. The summed E-state index contributed by atoms with van der Waals surface area (Å²) in [6.07, 6.45) is 3.34. The van der Waals surface area contributed by atoms with Crippen molar-refractivity contribution in [3.05, 3.63) is 18.2 Å². The molecule has 16 heavy (non-hydrogen) atoms. The monoisotopic (exact) mass is 220 g/mol. The van der Waals surface area contributed by atoms with Gasteiger partial charge in [0.1, 0.15) is 11.7 Å². The number of imidazole rings is 1. The van der Waals surface area contributed by atoms with Gasteiger partial charge >= 0.3 is 0 Å². The first kappa shape index (κ1) is 12.2. The number of aromatic nitrogens is 2. The van der Waals surface area contributed by atoms with Crippen molar-refractivity contribution in [3.63, 3.8) is 0 Å². The summed E-state index contributed by atoms with van der Waals surface area (Å²) in [4.78, 5) is 20.4. The highest BCUT2D eigenvalue weighted by Gasteiger charge is 2.25. The van der Waals surface area contributed by atoms with Gasteiger partial charge in [-0.1, -0.05) is 13.8 Å². The van der Waals surface area contributed by atoms with Crippen LogP contribution >= 0.6 is 0 Å². The van der Waals surface area contributed by atoms with E-state index in [1.807, 2.05) is 19.9 Å². The summed E-state index contributed by atoms with van der Waals surface area (Å²) in [6.45, 7) is 4.13. The largest absolute Gasteiger partial charge is 0.347 e. The zero-order valence-corrected chi connectivity index (χ0v) is 9.77. The first-order valence-electron chi connectivity index (χ1n) is 5.19. The molecule has 0 saturated carbocycles. The van der Waals surface area contributed by atoms with E-state index in [0.29, 0.717) is 6.54 Å². The van der Waals surface area contributed by atoms with E-state index in [1.165, 1.54) is 4.90 Å². The second-order valence-corrected chi connectivity index (χ2v) is 4.08. The summed E-state index contributed by atoms with van der Waals surface area (Å²) in [5.41, 5.74) is 0. The maximum absolute atomic E-state index is 11.9. The van der Waals surface area contributed by atoms with Gasteiger partial charge in [-0.25, -0.2) is 4.98 Å². The van der Waals surface area contributed by atoms with Crippen LogP contribution in [0.5, 0.6) is 0 Å². The highest BCUT2D eigenvalue weighted by atomic mass is 16.2. The Labute approximate surface area is 95.1 Å². The molecule has 0 aliphatic heterocycles. The van der Waals surface area contributed by atoms with Gasteiger partial charge in [-0.05, 0) is 5.92 Å². The highest BCUT2D eigenvalue weighted by molar-refractivity contribution is 5.81. The Balaban J connectivity index is 2.64. The number of carbonyl (C=O) groups is 1. The molecule has 5 heteroatoms. The minimum absolute atomic E-state index is 0.0246. The highest BCUT2D eigenvalue weighted by Crippen LogP contribution is 2.13. The minimum Gasteiger partial charge on any atom is -0.347 e. The van der Waals surface area contributed by atoms with E-state index in [0.717, 1.165) is 5.82 Å². The molecule has 0 radical (unpaired) electrons. The van der Waals surface area contributed by atoms with Crippen molar-refractivity contribution in [1.29, 1.82) is 5.26 Å². The van der Waals surface area contributed by atoms with Gasteiger partial charge in [-0.3, -0.25) is 4.79 Å². The molecular weight excluding hydrogens is 204 g/mol. The van der Waals surface area contributed by atoms with E-state index in [2.05, 4.69) is 9.97 Å². The average Bonchev–Trinajstić information content (AvgIpc) is 2.70. The Kier molecular flexibility index (Phi) is 4.06. The third-order valence-electron chi connectivity index (χ3n) is 2.39. The Hall–Kier alpha value is -1.83. The summed E-state index contributed by atoms with van der Waals surface area (Å²) in [6, 6.07) is 2.04. The second kappa shape index (κ2) is 5.31. The smallest absolute Gasteiger partial charge is 0.240 e. The van der Waals surface area contributed by atoms with E-state index in [1.54, 1.807) is 19.4 Å². The molecule has 0 aliphatic rings.